The monoisotopic (exact) mass is 1030 g/mol. The van der Waals surface area contributed by atoms with E-state index >= 15 is 14.4 Å². The molecule has 5 heterocycles. The lowest BCUT2D eigenvalue weighted by Gasteiger charge is -2.52. The summed E-state index contributed by atoms with van der Waals surface area (Å²) in [7, 11) is 0. The van der Waals surface area contributed by atoms with Gasteiger partial charge in [-0.25, -0.2) is 0 Å². The fourth-order valence-corrected chi connectivity index (χ4v) is 15.3. The molecule has 0 bridgehead atoms. The van der Waals surface area contributed by atoms with E-state index in [9.17, 15) is 20.0 Å². The Hall–Kier alpha value is -2.93. The molecule has 5 unspecified atom stereocenters. The van der Waals surface area contributed by atoms with Crippen LogP contribution in [0.3, 0.4) is 0 Å². The Balaban J connectivity index is 1.50. The highest BCUT2D eigenvalue weighted by molar-refractivity contribution is 5.77. The van der Waals surface area contributed by atoms with Crippen LogP contribution in [0.25, 0.3) is 0 Å². The topological polar surface area (TPSA) is 215 Å². The molecule has 0 radical (unpaired) electrons. The summed E-state index contributed by atoms with van der Waals surface area (Å²) in [5.41, 5.74) is -6.12. The van der Waals surface area contributed by atoms with Crippen LogP contribution in [0.5, 0.6) is 0 Å². The maximum absolute atomic E-state index is 15.1. The van der Waals surface area contributed by atoms with Gasteiger partial charge in [-0.3, -0.25) is 24.0 Å². The highest BCUT2D eigenvalue weighted by atomic mass is 16.6. The van der Waals surface area contributed by atoms with Crippen LogP contribution in [0.2, 0.25) is 0 Å². The van der Waals surface area contributed by atoms with E-state index in [-0.39, 0.29) is 32.1 Å². The van der Waals surface area contributed by atoms with Crippen molar-refractivity contribution >= 4 is 29.8 Å². The number of carbonyl (C=O) groups is 5. The molecule has 418 valence electrons. The third-order valence-electron chi connectivity index (χ3n) is 16.7. The Kier molecular flexibility index (Phi) is 16.1. The third-order valence-corrected chi connectivity index (χ3v) is 16.7. The van der Waals surface area contributed by atoms with Gasteiger partial charge in [0.25, 0.3) is 0 Å². The van der Waals surface area contributed by atoms with Crippen LogP contribution in [0.1, 0.15) is 209 Å². The lowest BCUT2D eigenvalue weighted by atomic mass is 9.75. The van der Waals surface area contributed by atoms with Gasteiger partial charge in [0.2, 0.25) is 0 Å². The molecule has 1 aliphatic carbocycles. The lowest BCUT2D eigenvalue weighted by Crippen LogP contribution is -2.65. The molecular weight excluding hydrogens is 935 g/mol. The van der Waals surface area contributed by atoms with Crippen molar-refractivity contribution in [3.8, 4) is 0 Å². The molecule has 73 heavy (non-hydrogen) atoms. The number of hydrogen-bond acceptors (Lipinski definition) is 17. The van der Waals surface area contributed by atoms with Crippen molar-refractivity contribution in [3.63, 3.8) is 0 Å². The Labute approximate surface area is 437 Å². The van der Waals surface area contributed by atoms with Crippen molar-refractivity contribution in [1.29, 1.82) is 0 Å². The molecule has 5 N–H and O–H groups in total. The number of esters is 5. The van der Waals surface area contributed by atoms with Crippen molar-refractivity contribution in [2.75, 3.05) is 0 Å². The summed E-state index contributed by atoms with van der Waals surface area (Å²) < 4.78 is 33.4. The molecule has 17 nitrogen and oxygen atoms in total. The number of nitrogens with one attached hydrogen (secondary N) is 3. The Morgan fingerprint density at radius 1 is 0.329 bits per heavy atom. The summed E-state index contributed by atoms with van der Waals surface area (Å²) in [4.78, 5) is 75.0. The van der Waals surface area contributed by atoms with Crippen molar-refractivity contribution in [1.82, 2.24) is 26.1 Å². The van der Waals surface area contributed by atoms with Crippen LogP contribution in [0.15, 0.2) is 0 Å². The largest absolute Gasteiger partial charge is 0.458 e. The van der Waals surface area contributed by atoms with E-state index in [4.69, 9.17) is 23.7 Å². The molecule has 0 aromatic heterocycles. The molecule has 5 aliphatic heterocycles. The first-order valence-corrected chi connectivity index (χ1v) is 27.2. The first kappa shape index (κ1) is 59.3. The number of hydroxylamine groups is 4. The van der Waals surface area contributed by atoms with Crippen LogP contribution < -0.4 is 16.0 Å². The first-order valence-electron chi connectivity index (χ1n) is 27.2. The van der Waals surface area contributed by atoms with Gasteiger partial charge >= 0.3 is 29.8 Å². The minimum atomic E-state index is -1.61. The molecule has 0 spiro atoms. The molecule has 6 rings (SSSR count). The van der Waals surface area contributed by atoms with Crippen molar-refractivity contribution < 1.29 is 58.1 Å². The quantitative estimate of drug-likeness (QED) is 0.104. The van der Waals surface area contributed by atoms with E-state index in [1.54, 1.807) is 0 Å². The molecule has 6 fully saturated rings. The van der Waals surface area contributed by atoms with E-state index in [1.165, 1.54) is 10.1 Å². The lowest BCUT2D eigenvalue weighted by molar-refractivity contribution is -0.260. The first-order chi connectivity index (χ1) is 32.8. The minimum absolute atomic E-state index is 0.208. The van der Waals surface area contributed by atoms with E-state index in [0.29, 0.717) is 38.5 Å². The number of hydrogen-bond donors (Lipinski definition) is 5. The molecule has 0 amide bonds. The molecule has 5 atom stereocenters. The highest BCUT2D eigenvalue weighted by Gasteiger charge is 2.59. The normalized spacial score (nSPS) is 33.2. The summed E-state index contributed by atoms with van der Waals surface area (Å²) in [5.74, 6) is -6.36. The predicted molar refractivity (Wildman–Crippen MR) is 275 cm³/mol. The summed E-state index contributed by atoms with van der Waals surface area (Å²) in [6, 6.07) is 0. The SMILES string of the molecule is CC1(C)CC(C(=O)OC2CC(OC(=O)C3CC(C)(C)N(O)C(C)(C)C3)C(OC(=O)C3CC(C)(C)N(O)C(C)(C)C3)C(OC(=O)C3CC(C)(C)NC(C)(C)C3)C2OC(=O)C2CC(C)(C)NC(C)(C)C2)CC(C)(C)N1. The fraction of sp³-hybridized carbons (Fsp3) is 0.911. The standard InChI is InChI=1S/C56H97N5O12/c1-47(2)22-32(23-48(3,4)57-47)42(62)69-37-21-38(70-43(63)35-28-53(13,14)60(67)54(15,16)29-35)40(72-46(66)36-30-55(17,18)61(68)56(19,20)31-36)41(73-45(65)34-26-51(9,10)59-52(11,12)27-34)39(37)71-44(64)33-24-49(5,6)58-50(7,8)25-33/h32-41,57-59,67-68H,21-31H2,1-20H3. The number of nitrogens with zero attached hydrogens (tertiary/aromatic N) is 2. The molecule has 5 saturated heterocycles. The van der Waals surface area contributed by atoms with Crippen molar-refractivity contribution in [3.05, 3.63) is 0 Å². The second-order valence-corrected chi connectivity index (χ2v) is 30.0. The van der Waals surface area contributed by atoms with Gasteiger partial charge in [-0.1, -0.05) is 0 Å². The van der Waals surface area contributed by atoms with E-state index < -0.39 is 145 Å². The van der Waals surface area contributed by atoms with Crippen LogP contribution in [-0.2, 0) is 47.7 Å². The average Bonchev–Trinajstić information content (AvgIpc) is 3.17. The van der Waals surface area contributed by atoms with E-state index in [0.717, 1.165) is 0 Å². The van der Waals surface area contributed by atoms with Crippen LogP contribution in [0, 0.1) is 29.6 Å². The Bertz CT molecular complexity index is 2010. The van der Waals surface area contributed by atoms with Crippen LogP contribution in [-0.4, -0.2) is 136 Å². The highest BCUT2D eigenvalue weighted by Crippen LogP contribution is 2.46. The van der Waals surface area contributed by atoms with Gasteiger partial charge in [-0.2, -0.15) is 10.1 Å². The zero-order chi connectivity index (χ0) is 55.2. The zero-order valence-corrected chi connectivity index (χ0v) is 48.4. The van der Waals surface area contributed by atoms with Gasteiger partial charge in [0.05, 0.1) is 29.6 Å². The maximum atomic E-state index is 15.1. The van der Waals surface area contributed by atoms with Crippen molar-refractivity contribution in [2.24, 2.45) is 29.6 Å². The Morgan fingerprint density at radius 2 is 0.521 bits per heavy atom. The van der Waals surface area contributed by atoms with Gasteiger partial charge < -0.3 is 50.0 Å². The number of piperidine rings is 5. The maximum Gasteiger partial charge on any atom is 0.309 e. The third kappa shape index (κ3) is 14.0. The van der Waals surface area contributed by atoms with Gasteiger partial charge in [-0.05, 0) is 203 Å². The molecular formula is C56H97N5O12. The average molecular weight is 1030 g/mol. The van der Waals surface area contributed by atoms with E-state index in [2.05, 4.69) is 16.0 Å². The molecule has 0 aromatic carbocycles. The molecule has 1 saturated carbocycles. The van der Waals surface area contributed by atoms with Gasteiger partial charge in [0, 0.05) is 61.8 Å². The summed E-state index contributed by atoms with van der Waals surface area (Å²) >= 11 is 0. The number of ether oxygens (including phenoxy) is 5. The van der Waals surface area contributed by atoms with Gasteiger partial charge in [0.1, 0.15) is 12.2 Å². The molecule has 6 aliphatic rings. The smallest absolute Gasteiger partial charge is 0.309 e. The Morgan fingerprint density at radius 3 is 0.753 bits per heavy atom. The molecule has 0 aromatic rings. The van der Waals surface area contributed by atoms with Gasteiger partial charge in [0.15, 0.2) is 18.3 Å². The van der Waals surface area contributed by atoms with Crippen molar-refractivity contribution in [2.45, 2.75) is 295 Å². The summed E-state index contributed by atoms with van der Waals surface area (Å²) in [5, 5.41) is 35.9. The number of carbonyl (C=O) groups excluding carboxylic acids is 5. The van der Waals surface area contributed by atoms with Crippen LogP contribution >= 0.6 is 0 Å². The number of rotatable bonds is 10. The fourth-order valence-electron chi connectivity index (χ4n) is 15.3. The summed E-state index contributed by atoms with van der Waals surface area (Å²) in [6.07, 6.45) is -4.19. The predicted octanol–water partition coefficient (Wildman–Crippen LogP) is 7.94. The zero-order valence-electron chi connectivity index (χ0n) is 48.4. The second-order valence-electron chi connectivity index (χ2n) is 30.0. The minimum Gasteiger partial charge on any atom is -0.458 e. The second kappa shape index (κ2) is 19.8. The van der Waals surface area contributed by atoms with E-state index in [1.807, 2.05) is 138 Å². The molecule has 17 heteroatoms. The van der Waals surface area contributed by atoms with Gasteiger partial charge in [-0.15, -0.1) is 0 Å². The van der Waals surface area contributed by atoms with Crippen LogP contribution in [0.4, 0.5) is 0 Å². The summed E-state index contributed by atoms with van der Waals surface area (Å²) in [6.45, 7) is 39.1.